The van der Waals surface area contributed by atoms with E-state index in [4.69, 9.17) is 4.74 Å². The lowest BCUT2D eigenvalue weighted by Gasteiger charge is -2.55. The van der Waals surface area contributed by atoms with Crippen LogP contribution in [-0.2, 0) is 9.53 Å². The van der Waals surface area contributed by atoms with Gasteiger partial charge < -0.3 is 14.9 Å². The highest BCUT2D eigenvalue weighted by Gasteiger charge is 2.71. The van der Waals surface area contributed by atoms with Gasteiger partial charge in [-0.05, 0) is 51.9 Å². The van der Waals surface area contributed by atoms with Gasteiger partial charge in [0.15, 0.2) is 5.78 Å². The predicted molar refractivity (Wildman–Crippen MR) is 74.2 cm³/mol. The second-order valence-corrected chi connectivity index (χ2v) is 7.96. The van der Waals surface area contributed by atoms with Gasteiger partial charge in [0.2, 0.25) is 0 Å². The van der Waals surface area contributed by atoms with E-state index in [2.05, 4.69) is 20.8 Å². The fourth-order valence-corrected chi connectivity index (χ4v) is 4.83. The summed E-state index contributed by atoms with van der Waals surface area (Å²) in [4.78, 5) is 13.2. The molecule has 2 N–H and O–H groups in total. The summed E-state index contributed by atoms with van der Waals surface area (Å²) in [6.07, 6.45) is 4.24. The molecule has 1 heterocycles. The second kappa shape index (κ2) is 4.05. The van der Waals surface area contributed by atoms with Gasteiger partial charge in [-0.15, -0.1) is 0 Å². The molecule has 2 saturated carbocycles. The molecular formula is C16H26O4. The number of fused-ring (bicyclic) bond motifs is 1. The van der Waals surface area contributed by atoms with Crippen LogP contribution in [0.25, 0.3) is 0 Å². The molecule has 0 aromatic rings. The molecule has 0 aromatic carbocycles. The first-order valence-electron chi connectivity index (χ1n) is 7.72. The van der Waals surface area contributed by atoms with E-state index < -0.39 is 11.0 Å². The molecule has 1 spiro atoms. The second-order valence-electron chi connectivity index (χ2n) is 7.96. The van der Waals surface area contributed by atoms with E-state index in [9.17, 15) is 15.0 Å². The maximum atomic E-state index is 13.2. The Kier molecular flexibility index (Phi) is 2.93. The van der Waals surface area contributed by atoms with Crippen LogP contribution in [0.5, 0.6) is 0 Å². The molecule has 0 aromatic heterocycles. The van der Waals surface area contributed by atoms with E-state index in [0.717, 1.165) is 25.7 Å². The average molecular weight is 282 g/mol. The third-order valence-electron chi connectivity index (χ3n) is 6.58. The van der Waals surface area contributed by atoms with Crippen molar-refractivity contribution in [1.82, 2.24) is 0 Å². The smallest absolute Gasteiger partial charge is 0.175 e. The summed E-state index contributed by atoms with van der Waals surface area (Å²) in [7, 11) is 0. The van der Waals surface area contributed by atoms with Crippen LogP contribution >= 0.6 is 0 Å². The molecule has 3 atom stereocenters. The van der Waals surface area contributed by atoms with Gasteiger partial charge in [-0.3, -0.25) is 4.79 Å². The molecule has 3 fully saturated rings. The number of ketones is 1. The number of hydrogen-bond donors (Lipinski definition) is 2. The average Bonchev–Trinajstić information content (AvgIpc) is 2.65. The van der Waals surface area contributed by atoms with Gasteiger partial charge in [0, 0.05) is 5.41 Å². The maximum Gasteiger partial charge on any atom is 0.175 e. The van der Waals surface area contributed by atoms with Gasteiger partial charge in [-0.25, -0.2) is 0 Å². The molecule has 2 aliphatic carbocycles. The molecule has 3 rings (SSSR count). The number of Topliss-reactive ketones (excluding diaryl/α,β-unsaturated/α-hetero) is 1. The Balaban J connectivity index is 2.08. The fraction of sp³-hybridized carbons (Fsp3) is 0.938. The summed E-state index contributed by atoms with van der Waals surface area (Å²) in [5, 5.41) is 19.4. The lowest BCUT2D eigenvalue weighted by atomic mass is 9.50. The number of ether oxygens (including phenoxy) is 1. The summed E-state index contributed by atoms with van der Waals surface area (Å²) in [6.45, 7) is 5.73. The first kappa shape index (κ1) is 14.5. The SMILES string of the molecule is CC1(C)O[C@]23CC1CC[C@]2(C)CCC(CO)(CO)C3=O. The Labute approximate surface area is 120 Å². The summed E-state index contributed by atoms with van der Waals surface area (Å²) >= 11 is 0. The van der Waals surface area contributed by atoms with Crippen LogP contribution in [0.1, 0.15) is 52.9 Å². The van der Waals surface area contributed by atoms with Crippen molar-refractivity contribution >= 4 is 5.78 Å². The number of carbonyl (C=O) groups is 1. The number of hydrogen-bond acceptors (Lipinski definition) is 4. The zero-order valence-corrected chi connectivity index (χ0v) is 12.7. The van der Waals surface area contributed by atoms with Gasteiger partial charge in [0.25, 0.3) is 0 Å². The van der Waals surface area contributed by atoms with E-state index in [1.165, 1.54) is 0 Å². The molecule has 1 aliphatic heterocycles. The van der Waals surface area contributed by atoms with E-state index in [-0.39, 0.29) is 30.0 Å². The van der Waals surface area contributed by atoms with Crippen LogP contribution in [0.2, 0.25) is 0 Å². The number of aliphatic hydroxyl groups excluding tert-OH is 2. The van der Waals surface area contributed by atoms with Gasteiger partial charge in [-0.2, -0.15) is 0 Å². The third-order valence-corrected chi connectivity index (χ3v) is 6.58. The molecular weight excluding hydrogens is 256 g/mol. The highest BCUT2D eigenvalue weighted by atomic mass is 16.5. The van der Waals surface area contributed by atoms with E-state index >= 15 is 0 Å². The Morgan fingerprint density at radius 3 is 2.40 bits per heavy atom. The molecule has 114 valence electrons. The van der Waals surface area contributed by atoms with Crippen LogP contribution < -0.4 is 0 Å². The number of rotatable bonds is 2. The first-order chi connectivity index (χ1) is 9.25. The van der Waals surface area contributed by atoms with Crippen LogP contribution in [0.3, 0.4) is 0 Å². The van der Waals surface area contributed by atoms with Crippen LogP contribution in [-0.4, -0.2) is 40.4 Å². The highest BCUT2D eigenvalue weighted by molar-refractivity contribution is 5.95. The summed E-state index contributed by atoms with van der Waals surface area (Å²) in [5.74, 6) is 0.340. The van der Waals surface area contributed by atoms with Crippen LogP contribution in [0.15, 0.2) is 0 Å². The summed E-state index contributed by atoms with van der Waals surface area (Å²) in [5.41, 5.74) is -2.26. The van der Waals surface area contributed by atoms with Crippen LogP contribution in [0.4, 0.5) is 0 Å². The topological polar surface area (TPSA) is 66.8 Å². The van der Waals surface area contributed by atoms with Crippen molar-refractivity contribution in [2.45, 2.75) is 64.1 Å². The minimum atomic E-state index is -1.01. The first-order valence-corrected chi connectivity index (χ1v) is 7.72. The van der Waals surface area contributed by atoms with Gasteiger partial charge in [-0.1, -0.05) is 6.92 Å². The zero-order chi connectivity index (χ0) is 14.8. The van der Waals surface area contributed by atoms with Gasteiger partial charge in [0.05, 0.1) is 24.2 Å². The Morgan fingerprint density at radius 1 is 1.15 bits per heavy atom. The van der Waals surface area contributed by atoms with Crippen molar-refractivity contribution in [3.8, 4) is 0 Å². The highest BCUT2D eigenvalue weighted by Crippen LogP contribution is 2.65. The minimum Gasteiger partial charge on any atom is -0.395 e. The quantitative estimate of drug-likeness (QED) is 0.808. The third kappa shape index (κ3) is 1.50. The van der Waals surface area contributed by atoms with E-state index in [0.29, 0.717) is 12.3 Å². The summed E-state index contributed by atoms with van der Waals surface area (Å²) < 4.78 is 6.37. The van der Waals surface area contributed by atoms with E-state index in [1.807, 2.05) is 0 Å². The molecule has 2 bridgehead atoms. The Hall–Kier alpha value is -0.450. The molecule has 0 radical (unpaired) electrons. The predicted octanol–water partition coefficient (Wildman–Crippen LogP) is 1.67. The van der Waals surface area contributed by atoms with Gasteiger partial charge in [0.1, 0.15) is 5.60 Å². The van der Waals surface area contributed by atoms with Crippen molar-refractivity contribution in [3.63, 3.8) is 0 Å². The molecule has 4 nitrogen and oxygen atoms in total. The van der Waals surface area contributed by atoms with Crippen molar-refractivity contribution in [3.05, 3.63) is 0 Å². The standard InChI is InChI=1S/C16H26O4/c1-13(2)11-4-5-14(3)6-7-15(9-17,10-18)12(19)16(14,8-11)20-13/h11,17-18H,4-10H2,1-3H3/t11?,14-,16+/m1/s1. The molecule has 4 heteroatoms. The normalized spacial score (nSPS) is 45.2. The fourth-order valence-electron chi connectivity index (χ4n) is 4.83. The lowest BCUT2D eigenvalue weighted by Crippen LogP contribution is -2.65. The van der Waals surface area contributed by atoms with Gasteiger partial charge >= 0.3 is 0 Å². The van der Waals surface area contributed by atoms with Crippen LogP contribution in [0, 0.1) is 16.7 Å². The van der Waals surface area contributed by atoms with E-state index in [1.54, 1.807) is 0 Å². The lowest BCUT2D eigenvalue weighted by molar-refractivity contribution is -0.201. The largest absolute Gasteiger partial charge is 0.395 e. The molecule has 20 heavy (non-hydrogen) atoms. The molecule has 0 amide bonds. The maximum absolute atomic E-state index is 13.2. The number of aliphatic hydroxyl groups is 2. The van der Waals surface area contributed by atoms with Crippen molar-refractivity contribution in [2.75, 3.05) is 13.2 Å². The summed E-state index contributed by atoms with van der Waals surface area (Å²) in [6, 6.07) is 0. The number of carbonyl (C=O) groups excluding carboxylic acids is 1. The van der Waals surface area contributed by atoms with Crippen molar-refractivity contribution < 1.29 is 19.7 Å². The minimum absolute atomic E-state index is 0.0565. The molecule has 1 saturated heterocycles. The van der Waals surface area contributed by atoms with Crippen molar-refractivity contribution in [1.29, 1.82) is 0 Å². The van der Waals surface area contributed by atoms with Crippen molar-refractivity contribution in [2.24, 2.45) is 16.7 Å². The Morgan fingerprint density at radius 2 is 1.80 bits per heavy atom. The monoisotopic (exact) mass is 282 g/mol. The zero-order valence-electron chi connectivity index (χ0n) is 12.7. The Bertz CT molecular complexity index is 440. The molecule has 3 aliphatic rings. The molecule has 1 unspecified atom stereocenters.